The number of rotatable bonds is 3. The molecule has 0 aliphatic carbocycles. The minimum atomic E-state index is -0.436. The van der Waals surface area contributed by atoms with Crippen molar-refractivity contribution in [2.24, 2.45) is 0 Å². The molecule has 0 atom stereocenters. The third-order valence-corrected chi connectivity index (χ3v) is 4.66. The Morgan fingerprint density at radius 3 is 2.79 bits per heavy atom. The number of ether oxygens (including phenoxy) is 1. The van der Waals surface area contributed by atoms with Crippen LogP contribution in [-0.4, -0.2) is 22.4 Å². The van der Waals surface area contributed by atoms with Gasteiger partial charge in [0, 0.05) is 0 Å². The lowest BCUT2D eigenvalue weighted by molar-refractivity contribution is -0.113. The van der Waals surface area contributed by atoms with Crippen LogP contribution in [-0.2, 0) is 4.79 Å². The molecule has 1 N–H and O–H groups in total. The topological polar surface area (TPSA) is 49.8 Å². The molecule has 1 fully saturated rings. The number of thiocarbonyl (C=S) groups is 1. The number of carbonyl (C=O) groups is 1. The van der Waals surface area contributed by atoms with Crippen molar-refractivity contribution in [3.05, 3.63) is 58.8 Å². The largest absolute Gasteiger partial charge is 0.504 e. The molecule has 4 nitrogen and oxygen atoms in total. The molecule has 0 unspecified atom stereocenters. The average molecular weight is 361 g/mol. The Labute approximate surface area is 147 Å². The number of thioether (sulfide) groups is 1. The van der Waals surface area contributed by atoms with E-state index >= 15 is 0 Å². The number of aromatic hydroxyl groups is 1. The summed E-state index contributed by atoms with van der Waals surface area (Å²) in [4.78, 5) is 14.3. The molecule has 0 spiro atoms. The summed E-state index contributed by atoms with van der Waals surface area (Å²) >= 11 is 6.38. The minimum Gasteiger partial charge on any atom is -0.504 e. The fourth-order valence-electron chi connectivity index (χ4n) is 2.24. The number of hydrogen-bond donors (Lipinski definition) is 1. The molecule has 1 aliphatic heterocycles. The van der Waals surface area contributed by atoms with Gasteiger partial charge in [0.1, 0.15) is 5.82 Å². The van der Waals surface area contributed by atoms with Gasteiger partial charge in [0.15, 0.2) is 15.8 Å². The molecule has 2 aromatic carbocycles. The van der Waals surface area contributed by atoms with Gasteiger partial charge in [-0.25, -0.2) is 4.39 Å². The van der Waals surface area contributed by atoms with Crippen LogP contribution in [0.4, 0.5) is 10.1 Å². The van der Waals surface area contributed by atoms with Gasteiger partial charge in [-0.2, -0.15) is 0 Å². The molecule has 0 radical (unpaired) electrons. The highest BCUT2D eigenvalue weighted by Crippen LogP contribution is 2.37. The summed E-state index contributed by atoms with van der Waals surface area (Å²) in [6.07, 6.45) is 1.65. The summed E-state index contributed by atoms with van der Waals surface area (Å²) in [5.74, 6) is -0.428. The van der Waals surface area contributed by atoms with E-state index in [0.717, 1.165) is 11.8 Å². The number of hydrogen-bond acceptors (Lipinski definition) is 5. The first-order chi connectivity index (χ1) is 11.5. The van der Waals surface area contributed by atoms with Gasteiger partial charge in [-0.3, -0.25) is 9.69 Å². The van der Waals surface area contributed by atoms with Crippen LogP contribution in [0, 0.1) is 5.82 Å². The maximum atomic E-state index is 13.4. The molecular formula is C17H12FNO3S2. The Morgan fingerprint density at radius 1 is 1.29 bits per heavy atom. The van der Waals surface area contributed by atoms with Crippen molar-refractivity contribution in [1.29, 1.82) is 0 Å². The molecule has 3 rings (SSSR count). The molecular weight excluding hydrogens is 349 g/mol. The summed E-state index contributed by atoms with van der Waals surface area (Å²) < 4.78 is 18.8. The zero-order chi connectivity index (χ0) is 17.3. The zero-order valence-corrected chi connectivity index (χ0v) is 14.2. The number of nitrogens with zero attached hydrogens (tertiary/aromatic N) is 1. The fraction of sp³-hybridized carbons (Fsp3) is 0.0588. The number of amides is 1. The number of methoxy groups -OCH3 is 1. The van der Waals surface area contributed by atoms with Crippen molar-refractivity contribution in [3.63, 3.8) is 0 Å². The number of benzene rings is 2. The van der Waals surface area contributed by atoms with Crippen LogP contribution >= 0.6 is 24.0 Å². The van der Waals surface area contributed by atoms with Crippen LogP contribution in [0.1, 0.15) is 5.56 Å². The molecule has 1 heterocycles. The van der Waals surface area contributed by atoms with Crippen molar-refractivity contribution in [2.45, 2.75) is 0 Å². The second kappa shape index (κ2) is 6.62. The number of anilines is 1. The van der Waals surface area contributed by atoms with E-state index < -0.39 is 5.82 Å². The Bertz CT molecular complexity index is 867. The van der Waals surface area contributed by atoms with E-state index in [9.17, 15) is 14.3 Å². The van der Waals surface area contributed by atoms with Gasteiger partial charge in [-0.15, -0.1) is 0 Å². The third kappa shape index (κ3) is 3.13. The van der Waals surface area contributed by atoms with E-state index in [-0.39, 0.29) is 11.7 Å². The maximum absolute atomic E-state index is 13.4. The molecule has 0 saturated carbocycles. The summed E-state index contributed by atoms with van der Waals surface area (Å²) in [5.41, 5.74) is 1.08. The number of carbonyl (C=O) groups excluding carboxylic acids is 1. The standard InChI is InChI=1S/C17H12FNO3S2/c1-22-14-7-10(5-6-13(14)20)8-15-16(21)19(17(23)24-15)12-4-2-3-11(18)9-12/h2-9,20H,1H3/b15-8-. The molecule has 24 heavy (non-hydrogen) atoms. The van der Waals surface area contributed by atoms with Crippen LogP contribution < -0.4 is 9.64 Å². The van der Waals surface area contributed by atoms with E-state index in [1.165, 1.54) is 36.3 Å². The minimum absolute atomic E-state index is 0.0157. The number of halogens is 1. The first-order valence-corrected chi connectivity index (χ1v) is 8.12. The smallest absolute Gasteiger partial charge is 0.270 e. The SMILES string of the molecule is COc1cc(/C=C2\SC(=S)N(c3cccc(F)c3)C2=O)ccc1O. The van der Waals surface area contributed by atoms with Crippen LogP contribution in [0.15, 0.2) is 47.4 Å². The molecule has 1 aliphatic rings. The molecule has 1 amide bonds. The predicted octanol–water partition coefficient (Wildman–Crippen LogP) is 3.95. The molecule has 0 bridgehead atoms. The van der Waals surface area contributed by atoms with Crippen LogP contribution in [0.5, 0.6) is 11.5 Å². The normalized spacial score (nSPS) is 16.1. The van der Waals surface area contributed by atoms with E-state index in [2.05, 4.69) is 0 Å². The van der Waals surface area contributed by atoms with Gasteiger partial charge < -0.3 is 9.84 Å². The highest BCUT2D eigenvalue weighted by molar-refractivity contribution is 8.27. The summed E-state index contributed by atoms with van der Waals surface area (Å²) in [6.45, 7) is 0. The Balaban J connectivity index is 1.94. The van der Waals surface area contributed by atoms with Gasteiger partial charge in [-0.1, -0.05) is 36.1 Å². The van der Waals surface area contributed by atoms with E-state index in [0.29, 0.717) is 26.2 Å². The quantitative estimate of drug-likeness (QED) is 0.663. The summed E-state index contributed by atoms with van der Waals surface area (Å²) in [6, 6.07) is 10.5. The predicted molar refractivity (Wildman–Crippen MR) is 96.7 cm³/mol. The average Bonchev–Trinajstić information content (AvgIpc) is 2.83. The van der Waals surface area contributed by atoms with Crippen molar-refractivity contribution in [2.75, 3.05) is 12.0 Å². The lowest BCUT2D eigenvalue weighted by atomic mass is 10.2. The lowest BCUT2D eigenvalue weighted by Crippen LogP contribution is -2.27. The van der Waals surface area contributed by atoms with Crippen molar-refractivity contribution in [1.82, 2.24) is 0 Å². The molecule has 2 aromatic rings. The van der Waals surface area contributed by atoms with Gasteiger partial charge >= 0.3 is 0 Å². The number of phenols is 1. The van der Waals surface area contributed by atoms with Gasteiger partial charge in [0.25, 0.3) is 5.91 Å². The molecule has 122 valence electrons. The van der Waals surface area contributed by atoms with Crippen LogP contribution in [0.3, 0.4) is 0 Å². The van der Waals surface area contributed by atoms with Crippen molar-refractivity contribution < 1.29 is 19.0 Å². The van der Waals surface area contributed by atoms with E-state index in [1.807, 2.05) is 0 Å². The maximum Gasteiger partial charge on any atom is 0.270 e. The van der Waals surface area contributed by atoms with E-state index in [1.54, 1.807) is 24.3 Å². The Morgan fingerprint density at radius 2 is 2.08 bits per heavy atom. The van der Waals surface area contributed by atoms with Gasteiger partial charge in [0.05, 0.1) is 17.7 Å². The van der Waals surface area contributed by atoms with Gasteiger partial charge in [0.2, 0.25) is 0 Å². The highest BCUT2D eigenvalue weighted by atomic mass is 32.2. The lowest BCUT2D eigenvalue weighted by Gasteiger charge is -2.14. The van der Waals surface area contributed by atoms with Gasteiger partial charge in [-0.05, 0) is 42.0 Å². The number of phenolic OH excluding ortho intramolecular Hbond substituents is 1. The second-order valence-corrected chi connectivity index (χ2v) is 6.60. The monoisotopic (exact) mass is 361 g/mol. The fourth-order valence-corrected chi connectivity index (χ4v) is 3.54. The first kappa shape index (κ1) is 16.5. The first-order valence-electron chi connectivity index (χ1n) is 6.90. The van der Waals surface area contributed by atoms with Crippen LogP contribution in [0.2, 0.25) is 0 Å². The zero-order valence-electron chi connectivity index (χ0n) is 12.5. The Kier molecular flexibility index (Phi) is 4.55. The molecule has 7 heteroatoms. The highest BCUT2D eigenvalue weighted by Gasteiger charge is 2.33. The second-order valence-electron chi connectivity index (χ2n) is 4.93. The van der Waals surface area contributed by atoms with Crippen LogP contribution in [0.25, 0.3) is 6.08 Å². The molecule has 0 aromatic heterocycles. The summed E-state index contributed by atoms with van der Waals surface area (Å²) in [5, 5.41) is 9.62. The summed E-state index contributed by atoms with van der Waals surface area (Å²) in [7, 11) is 1.45. The third-order valence-electron chi connectivity index (χ3n) is 3.36. The Hall–Kier alpha value is -2.38. The van der Waals surface area contributed by atoms with Crippen molar-refractivity contribution >= 4 is 46.0 Å². The van der Waals surface area contributed by atoms with Crippen molar-refractivity contribution in [3.8, 4) is 11.5 Å². The van der Waals surface area contributed by atoms with E-state index in [4.69, 9.17) is 17.0 Å². The molecule has 1 saturated heterocycles.